The van der Waals surface area contributed by atoms with Gasteiger partial charge in [-0.1, -0.05) is 6.07 Å². The molecular weight excluding hydrogens is 346 g/mol. The average molecular weight is 360 g/mol. The quantitative estimate of drug-likeness (QED) is 0.713. The Bertz CT molecular complexity index is 1040. The number of hydrogen-bond acceptors (Lipinski definition) is 4. The van der Waals surface area contributed by atoms with Gasteiger partial charge in [0.25, 0.3) is 0 Å². The molecule has 0 bridgehead atoms. The zero-order chi connectivity index (χ0) is 18.2. The first-order valence-electron chi connectivity index (χ1n) is 7.35. The van der Waals surface area contributed by atoms with Crippen molar-refractivity contribution in [2.45, 2.75) is 11.8 Å². The fourth-order valence-electron chi connectivity index (χ4n) is 2.61. The molecule has 4 nitrogen and oxygen atoms in total. The van der Waals surface area contributed by atoms with Crippen LogP contribution < -0.4 is 0 Å². The number of sulfone groups is 1. The predicted molar refractivity (Wildman–Crippen MR) is 90.7 cm³/mol. The number of nitrogens with zero attached hydrogens (tertiary/aromatic N) is 2. The first-order valence-corrected chi connectivity index (χ1v) is 9.24. The summed E-state index contributed by atoms with van der Waals surface area (Å²) in [6.45, 7) is 1.84. The molecule has 3 aromatic rings. The molecule has 1 aromatic carbocycles. The van der Waals surface area contributed by atoms with Crippen molar-refractivity contribution in [3.63, 3.8) is 0 Å². The van der Waals surface area contributed by atoms with Crippen molar-refractivity contribution in [1.82, 2.24) is 9.97 Å². The lowest BCUT2D eigenvalue weighted by molar-refractivity contribution is 0.522. The molecule has 0 aliphatic rings. The molecule has 0 fully saturated rings. The second kappa shape index (κ2) is 6.33. The first kappa shape index (κ1) is 17.2. The molecule has 7 heteroatoms. The lowest BCUT2D eigenvalue weighted by Crippen LogP contribution is -2.05. The van der Waals surface area contributed by atoms with E-state index in [4.69, 9.17) is 0 Å². The molecule has 0 N–H and O–H groups in total. The Morgan fingerprint density at radius 1 is 1.00 bits per heavy atom. The number of halogens is 2. The van der Waals surface area contributed by atoms with Crippen LogP contribution in [0.2, 0.25) is 0 Å². The minimum Gasteiger partial charge on any atom is -0.264 e. The lowest BCUT2D eigenvalue weighted by Gasteiger charge is -2.11. The van der Waals surface area contributed by atoms with Gasteiger partial charge in [-0.05, 0) is 42.8 Å². The molecule has 2 heterocycles. The maximum Gasteiger partial charge on any atom is 0.181 e. The van der Waals surface area contributed by atoms with E-state index in [1.165, 1.54) is 6.20 Å². The van der Waals surface area contributed by atoms with Crippen LogP contribution in [0.4, 0.5) is 8.78 Å². The topological polar surface area (TPSA) is 59.9 Å². The van der Waals surface area contributed by atoms with E-state index in [0.717, 1.165) is 24.1 Å². The summed E-state index contributed by atoms with van der Waals surface area (Å²) in [4.78, 5) is 7.49. The van der Waals surface area contributed by atoms with Crippen LogP contribution in [-0.2, 0) is 9.84 Å². The monoisotopic (exact) mass is 360 g/mol. The highest BCUT2D eigenvalue weighted by atomic mass is 32.2. The highest BCUT2D eigenvalue weighted by molar-refractivity contribution is 7.90. The third-order valence-corrected chi connectivity index (χ3v) is 4.80. The molecule has 0 aliphatic carbocycles. The Morgan fingerprint density at radius 2 is 1.68 bits per heavy atom. The van der Waals surface area contributed by atoms with Gasteiger partial charge in [-0.25, -0.2) is 17.2 Å². The molecule has 0 radical (unpaired) electrons. The molecule has 2 aromatic heterocycles. The van der Waals surface area contributed by atoms with Gasteiger partial charge in [-0.3, -0.25) is 9.97 Å². The van der Waals surface area contributed by atoms with Crippen molar-refractivity contribution in [3.05, 3.63) is 66.1 Å². The van der Waals surface area contributed by atoms with E-state index in [-0.39, 0.29) is 5.56 Å². The van der Waals surface area contributed by atoms with Gasteiger partial charge in [0.15, 0.2) is 9.84 Å². The van der Waals surface area contributed by atoms with Gasteiger partial charge in [0.1, 0.15) is 16.5 Å². The Balaban J connectivity index is 2.22. The van der Waals surface area contributed by atoms with Crippen molar-refractivity contribution in [1.29, 1.82) is 0 Å². The van der Waals surface area contributed by atoms with Crippen molar-refractivity contribution < 1.29 is 17.2 Å². The smallest absolute Gasteiger partial charge is 0.181 e. The molecule has 0 amide bonds. The Labute approximate surface area is 144 Å². The van der Waals surface area contributed by atoms with Gasteiger partial charge in [-0.15, -0.1) is 0 Å². The van der Waals surface area contributed by atoms with Crippen LogP contribution in [0, 0.1) is 18.6 Å². The Hall–Kier alpha value is -2.67. The molecule has 25 heavy (non-hydrogen) atoms. The van der Waals surface area contributed by atoms with Crippen LogP contribution >= 0.6 is 0 Å². The van der Waals surface area contributed by atoms with Crippen LogP contribution in [0.3, 0.4) is 0 Å². The van der Waals surface area contributed by atoms with E-state index in [0.29, 0.717) is 16.8 Å². The number of rotatable bonds is 3. The third kappa shape index (κ3) is 3.41. The highest BCUT2D eigenvalue weighted by Gasteiger charge is 2.22. The summed E-state index contributed by atoms with van der Waals surface area (Å²) < 4.78 is 51.6. The maximum atomic E-state index is 14.2. The number of pyridine rings is 2. The van der Waals surface area contributed by atoms with Crippen molar-refractivity contribution >= 4 is 9.84 Å². The number of aryl methyl sites for hydroxylation is 1. The van der Waals surface area contributed by atoms with Crippen molar-refractivity contribution in [2.24, 2.45) is 0 Å². The molecule has 0 spiro atoms. The molecule has 0 atom stereocenters. The first-order chi connectivity index (χ1) is 11.8. The highest BCUT2D eigenvalue weighted by Crippen LogP contribution is 2.33. The van der Waals surface area contributed by atoms with Gasteiger partial charge in [0, 0.05) is 35.5 Å². The summed E-state index contributed by atoms with van der Waals surface area (Å²) in [6, 6.07) is 9.13. The Kier molecular flexibility index (Phi) is 4.34. The maximum absolute atomic E-state index is 14.2. The van der Waals surface area contributed by atoms with Crippen LogP contribution in [0.25, 0.3) is 22.4 Å². The summed E-state index contributed by atoms with van der Waals surface area (Å²) in [5.74, 6) is -2.27. The van der Waals surface area contributed by atoms with Gasteiger partial charge in [-0.2, -0.15) is 0 Å². The number of aromatic nitrogens is 2. The van der Waals surface area contributed by atoms with Crippen molar-refractivity contribution in [2.75, 3.05) is 6.26 Å². The molecule has 0 saturated carbocycles. The van der Waals surface area contributed by atoms with E-state index in [9.17, 15) is 17.2 Å². The molecule has 0 aliphatic heterocycles. The van der Waals surface area contributed by atoms with Crippen LogP contribution in [-0.4, -0.2) is 24.6 Å². The zero-order valence-electron chi connectivity index (χ0n) is 13.5. The summed E-state index contributed by atoms with van der Waals surface area (Å²) in [7, 11) is -4.01. The van der Waals surface area contributed by atoms with Crippen LogP contribution in [0.5, 0.6) is 0 Å². The second-order valence-corrected chi connectivity index (χ2v) is 7.58. The van der Waals surface area contributed by atoms with Gasteiger partial charge in [0.2, 0.25) is 0 Å². The normalized spacial score (nSPS) is 11.5. The number of hydrogen-bond donors (Lipinski definition) is 0. The van der Waals surface area contributed by atoms with E-state index < -0.39 is 26.4 Å². The molecule has 0 unspecified atom stereocenters. The largest absolute Gasteiger partial charge is 0.264 e. The van der Waals surface area contributed by atoms with Crippen LogP contribution in [0.15, 0.2) is 53.7 Å². The predicted octanol–water partition coefficient (Wildman–Crippen LogP) is 3.80. The summed E-state index contributed by atoms with van der Waals surface area (Å²) in [5, 5.41) is 0. The number of benzene rings is 1. The molecular formula is C18H14F2N2O2S. The standard InChI is InChI=1S/C18H14F2N2O2S/c1-11-4-3-5-17(22-11)13-6-7-21-10-14(13)12-8-15(19)18(16(20)9-12)25(2,23)24/h3-10H,1-2H3. The van der Waals surface area contributed by atoms with Gasteiger partial charge in [0.05, 0.1) is 5.69 Å². The second-order valence-electron chi connectivity index (χ2n) is 5.63. The van der Waals surface area contributed by atoms with Gasteiger partial charge < -0.3 is 0 Å². The lowest BCUT2D eigenvalue weighted by atomic mass is 9.99. The summed E-state index contributed by atoms with van der Waals surface area (Å²) in [5.41, 5.74) is 2.72. The van der Waals surface area contributed by atoms with Crippen molar-refractivity contribution in [3.8, 4) is 22.4 Å². The zero-order valence-corrected chi connectivity index (χ0v) is 14.3. The minimum atomic E-state index is -4.01. The summed E-state index contributed by atoms with van der Waals surface area (Å²) in [6.07, 6.45) is 3.79. The Morgan fingerprint density at radius 3 is 2.28 bits per heavy atom. The molecule has 0 saturated heterocycles. The average Bonchev–Trinajstić information content (AvgIpc) is 2.53. The molecule has 3 rings (SSSR count). The van der Waals surface area contributed by atoms with E-state index in [1.807, 2.05) is 19.1 Å². The molecule has 128 valence electrons. The SMILES string of the molecule is Cc1cccc(-c2ccncc2-c2cc(F)c(S(C)(=O)=O)c(F)c2)n1. The van der Waals surface area contributed by atoms with E-state index >= 15 is 0 Å². The van der Waals surface area contributed by atoms with E-state index in [1.54, 1.807) is 18.3 Å². The van der Waals surface area contributed by atoms with Crippen LogP contribution in [0.1, 0.15) is 5.69 Å². The minimum absolute atomic E-state index is 0.189. The fraction of sp³-hybridized carbons (Fsp3) is 0.111. The third-order valence-electron chi connectivity index (χ3n) is 3.67. The van der Waals surface area contributed by atoms with Gasteiger partial charge >= 0.3 is 0 Å². The van der Waals surface area contributed by atoms with E-state index in [2.05, 4.69) is 9.97 Å². The fourth-order valence-corrected chi connectivity index (χ4v) is 3.44. The summed E-state index contributed by atoms with van der Waals surface area (Å²) >= 11 is 0.